The fraction of sp³-hybridized carbons (Fsp3) is 0.160. The van der Waals surface area contributed by atoms with Crippen LogP contribution < -0.4 is 10.0 Å². The summed E-state index contributed by atoms with van der Waals surface area (Å²) in [5, 5.41) is 17.2. The molecule has 0 aliphatic heterocycles. The predicted octanol–water partition coefficient (Wildman–Crippen LogP) is 4.73. The van der Waals surface area contributed by atoms with Crippen LogP contribution in [-0.4, -0.2) is 36.1 Å². The van der Waals surface area contributed by atoms with Crippen molar-refractivity contribution in [3.05, 3.63) is 83.5 Å². The highest BCUT2D eigenvalue weighted by Crippen LogP contribution is 2.29. The fourth-order valence-corrected chi connectivity index (χ4v) is 4.83. The number of unbranched alkanes of at least 4 members (excludes halogenated alkanes) is 1. The molecule has 4 aromatic rings. The summed E-state index contributed by atoms with van der Waals surface area (Å²) < 4.78 is 29.1. The molecule has 8 nitrogen and oxygen atoms in total. The zero-order valence-corrected chi connectivity index (χ0v) is 20.4. The van der Waals surface area contributed by atoms with Crippen molar-refractivity contribution in [2.45, 2.75) is 17.7 Å². The Balaban J connectivity index is 1.40. The number of hydrogen-bond acceptors (Lipinski definition) is 6. The Bertz CT molecular complexity index is 1510. The largest absolute Gasteiger partial charge is 0.370 e. The average molecular weight is 507 g/mol. The molecule has 0 spiro atoms. The van der Waals surface area contributed by atoms with Gasteiger partial charge in [0, 0.05) is 35.3 Å². The third-order valence-corrected chi connectivity index (χ3v) is 7.17. The maximum Gasteiger partial charge on any atom is 0.240 e. The van der Waals surface area contributed by atoms with E-state index in [0.717, 1.165) is 23.4 Å². The Morgan fingerprint density at radius 3 is 2.57 bits per heavy atom. The summed E-state index contributed by atoms with van der Waals surface area (Å²) in [6, 6.07) is 17.2. The van der Waals surface area contributed by atoms with Crippen LogP contribution in [0.15, 0.2) is 72.3 Å². The summed E-state index contributed by atoms with van der Waals surface area (Å²) >= 11 is 6.39. The highest BCUT2D eigenvalue weighted by Gasteiger charge is 2.14. The van der Waals surface area contributed by atoms with E-state index in [0.29, 0.717) is 41.4 Å². The van der Waals surface area contributed by atoms with Gasteiger partial charge in [0.25, 0.3) is 0 Å². The first kappa shape index (κ1) is 24.4. The van der Waals surface area contributed by atoms with Gasteiger partial charge in [0.1, 0.15) is 5.82 Å². The Labute approximate surface area is 208 Å². The number of nitrogens with one attached hydrogen (secondary N) is 2. The Morgan fingerprint density at radius 1 is 1.11 bits per heavy atom. The van der Waals surface area contributed by atoms with Gasteiger partial charge >= 0.3 is 0 Å². The molecule has 0 unspecified atom stereocenters. The number of halogens is 1. The molecule has 0 bridgehead atoms. The molecular formula is C25H23ClN6O2S. The van der Waals surface area contributed by atoms with Crippen molar-refractivity contribution in [3.8, 4) is 17.3 Å². The summed E-state index contributed by atoms with van der Waals surface area (Å²) in [5.41, 5.74) is 3.40. The smallest absolute Gasteiger partial charge is 0.240 e. The van der Waals surface area contributed by atoms with Gasteiger partial charge < -0.3 is 5.32 Å². The second-order valence-electron chi connectivity index (χ2n) is 7.71. The zero-order valence-electron chi connectivity index (χ0n) is 18.8. The van der Waals surface area contributed by atoms with E-state index in [4.69, 9.17) is 21.8 Å². The van der Waals surface area contributed by atoms with E-state index in [1.54, 1.807) is 16.8 Å². The van der Waals surface area contributed by atoms with Crippen molar-refractivity contribution in [1.29, 1.82) is 5.26 Å². The molecule has 0 aliphatic carbocycles. The predicted molar refractivity (Wildman–Crippen MR) is 138 cm³/mol. The van der Waals surface area contributed by atoms with Gasteiger partial charge in [0.05, 0.1) is 28.4 Å². The number of rotatable bonds is 10. The minimum absolute atomic E-state index is 0.137. The maximum absolute atomic E-state index is 12.4. The van der Waals surface area contributed by atoms with Crippen LogP contribution in [0.4, 0.5) is 5.82 Å². The number of nitrogens with zero attached hydrogens (tertiary/aromatic N) is 4. The summed E-state index contributed by atoms with van der Waals surface area (Å²) in [4.78, 5) is 4.87. The molecule has 2 aromatic heterocycles. The molecule has 4 rings (SSSR count). The van der Waals surface area contributed by atoms with Crippen molar-refractivity contribution in [2.75, 3.05) is 18.4 Å². The Kier molecular flexibility index (Phi) is 7.46. The quantitative estimate of drug-likeness (QED) is 0.300. The number of nitriles is 1. The van der Waals surface area contributed by atoms with E-state index in [9.17, 15) is 8.42 Å². The molecule has 0 radical (unpaired) electrons. The highest BCUT2D eigenvalue weighted by molar-refractivity contribution is 7.89. The van der Waals surface area contributed by atoms with Gasteiger partial charge in [-0.25, -0.2) is 18.1 Å². The molecule has 178 valence electrons. The molecule has 0 fully saturated rings. The molecule has 0 atom stereocenters. The van der Waals surface area contributed by atoms with Crippen molar-refractivity contribution in [1.82, 2.24) is 19.3 Å². The van der Waals surface area contributed by atoms with Crippen molar-refractivity contribution >= 4 is 39.2 Å². The second kappa shape index (κ2) is 10.7. The fourth-order valence-electron chi connectivity index (χ4n) is 3.52. The van der Waals surface area contributed by atoms with E-state index in [1.165, 1.54) is 24.3 Å². The lowest BCUT2D eigenvalue weighted by atomic mass is 10.1. The lowest BCUT2D eigenvalue weighted by Crippen LogP contribution is -2.25. The normalized spacial score (nSPS) is 11.3. The number of benzene rings is 2. The van der Waals surface area contributed by atoms with Gasteiger partial charge in [0.15, 0.2) is 5.65 Å². The lowest BCUT2D eigenvalue weighted by molar-refractivity contribution is 0.577. The van der Waals surface area contributed by atoms with E-state index in [-0.39, 0.29) is 4.90 Å². The average Bonchev–Trinajstić information content (AvgIpc) is 3.29. The van der Waals surface area contributed by atoms with E-state index >= 15 is 0 Å². The number of aromatic nitrogens is 3. The van der Waals surface area contributed by atoms with E-state index in [2.05, 4.69) is 21.7 Å². The van der Waals surface area contributed by atoms with Crippen LogP contribution in [0.25, 0.3) is 23.0 Å². The molecule has 2 heterocycles. The molecule has 10 heteroatoms. The van der Waals surface area contributed by atoms with E-state index in [1.807, 2.05) is 36.4 Å². The first-order valence-electron chi connectivity index (χ1n) is 10.9. The number of fused-ring (bicyclic) bond motifs is 1. The Hall–Kier alpha value is -3.71. The zero-order chi connectivity index (χ0) is 24.8. The first-order chi connectivity index (χ1) is 16.9. The standard InChI is InChI=1S/C25H23ClN6O2S/c1-2-19-17-29-32-24(15-23(31-25(19)32)21-7-3-4-8-22(21)26)28-13-5-6-14-30-35(33,34)20-11-9-18(16-27)10-12-20/h2-4,7-12,15,17,28,30H,1,5-6,13-14H2. The van der Waals surface area contributed by atoms with Gasteiger partial charge in [-0.15, -0.1) is 0 Å². The Morgan fingerprint density at radius 2 is 1.86 bits per heavy atom. The molecule has 0 saturated carbocycles. The summed E-state index contributed by atoms with van der Waals surface area (Å²) in [5.74, 6) is 0.746. The third-order valence-electron chi connectivity index (χ3n) is 5.36. The van der Waals surface area contributed by atoms with Crippen LogP contribution >= 0.6 is 11.6 Å². The highest BCUT2D eigenvalue weighted by atomic mass is 35.5. The molecule has 0 amide bonds. The molecule has 0 saturated heterocycles. The number of hydrogen-bond donors (Lipinski definition) is 2. The van der Waals surface area contributed by atoms with Gasteiger partial charge in [-0.1, -0.05) is 42.5 Å². The molecule has 0 aliphatic rings. The van der Waals surface area contributed by atoms with Crippen LogP contribution in [0.1, 0.15) is 24.0 Å². The van der Waals surface area contributed by atoms with Gasteiger partial charge in [-0.05, 0) is 43.2 Å². The minimum atomic E-state index is -3.62. The topological polar surface area (TPSA) is 112 Å². The SMILES string of the molecule is C=Cc1cnn2c(NCCCCNS(=O)(=O)c3ccc(C#N)cc3)cc(-c3ccccc3Cl)nc12. The van der Waals surface area contributed by atoms with Crippen LogP contribution in [0.3, 0.4) is 0 Å². The van der Waals surface area contributed by atoms with Crippen molar-refractivity contribution < 1.29 is 8.42 Å². The van der Waals surface area contributed by atoms with Crippen LogP contribution in [-0.2, 0) is 10.0 Å². The number of anilines is 1. The molecule has 2 N–H and O–H groups in total. The molecule has 35 heavy (non-hydrogen) atoms. The number of sulfonamides is 1. The first-order valence-corrected chi connectivity index (χ1v) is 12.8. The van der Waals surface area contributed by atoms with Gasteiger partial charge in [-0.3, -0.25) is 0 Å². The third kappa shape index (κ3) is 5.52. The monoisotopic (exact) mass is 506 g/mol. The summed E-state index contributed by atoms with van der Waals surface area (Å²) in [6.45, 7) is 4.73. The van der Waals surface area contributed by atoms with Crippen LogP contribution in [0.5, 0.6) is 0 Å². The summed E-state index contributed by atoms with van der Waals surface area (Å²) in [7, 11) is -3.62. The lowest BCUT2D eigenvalue weighted by Gasteiger charge is -2.12. The maximum atomic E-state index is 12.4. The summed E-state index contributed by atoms with van der Waals surface area (Å²) in [6.07, 6.45) is 4.76. The van der Waals surface area contributed by atoms with Gasteiger partial charge in [0.2, 0.25) is 10.0 Å². The molecule has 2 aromatic carbocycles. The minimum Gasteiger partial charge on any atom is -0.370 e. The van der Waals surface area contributed by atoms with Gasteiger partial charge in [-0.2, -0.15) is 14.9 Å². The van der Waals surface area contributed by atoms with Crippen LogP contribution in [0.2, 0.25) is 5.02 Å². The van der Waals surface area contributed by atoms with Crippen molar-refractivity contribution in [2.24, 2.45) is 0 Å². The van der Waals surface area contributed by atoms with E-state index < -0.39 is 10.0 Å². The van der Waals surface area contributed by atoms with Crippen molar-refractivity contribution in [3.63, 3.8) is 0 Å². The second-order valence-corrected chi connectivity index (χ2v) is 9.89. The van der Waals surface area contributed by atoms with Crippen LogP contribution in [0, 0.1) is 11.3 Å². The molecular weight excluding hydrogens is 484 g/mol.